The Hall–Kier alpha value is -1.54. The van der Waals surface area contributed by atoms with Crippen LogP contribution in [0, 0.1) is 11.8 Å². The van der Waals surface area contributed by atoms with Gasteiger partial charge in [-0.1, -0.05) is 0 Å². The molecule has 1 saturated carbocycles. The van der Waals surface area contributed by atoms with E-state index in [0.29, 0.717) is 0 Å². The van der Waals surface area contributed by atoms with Crippen molar-refractivity contribution < 1.29 is 19.1 Å². The molecule has 2 aliphatic heterocycles. The summed E-state index contributed by atoms with van der Waals surface area (Å²) in [4.78, 5) is 33.3. The minimum absolute atomic E-state index is 0.181. The highest BCUT2D eigenvalue weighted by Gasteiger charge is 2.30. The van der Waals surface area contributed by atoms with Crippen LogP contribution in [-0.2, 0) is 9.47 Å². The number of rotatable bonds is 4. The molecule has 0 bridgehead atoms. The Bertz CT molecular complexity index is 605. The van der Waals surface area contributed by atoms with Crippen LogP contribution >= 0.6 is 0 Å². The number of amides is 2. The number of nitrogens with zero attached hydrogens (tertiary/aromatic N) is 4. The first-order chi connectivity index (χ1) is 15.9. The van der Waals surface area contributed by atoms with Gasteiger partial charge in [-0.2, -0.15) is 0 Å². The molecule has 0 unspecified atom stereocenters. The van der Waals surface area contributed by atoms with Crippen molar-refractivity contribution >= 4 is 12.2 Å². The molecule has 3 rings (SSSR count). The van der Waals surface area contributed by atoms with Gasteiger partial charge in [-0.3, -0.25) is 9.80 Å². The summed E-state index contributed by atoms with van der Waals surface area (Å²) in [5.41, 5.74) is -0.864. The molecule has 0 spiro atoms. The molecule has 8 nitrogen and oxygen atoms in total. The number of hydrogen-bond donors (Lipinski definition) is 0. The molecule has 0 aromatic heterocycles. The molecule has 3 aliphatic rings. The van der Waals surface area contributed by atoms with Gasteiger partial charge in [0.15, 0.2) is 0 Å². The molecule has 0 N–H and O–H groups in total. The van der Waals surface area contributed by atoms with Crippen molar-refractivity contribution in [2.24, 2.45) is 11.8 Å². The normalized spacial score (nSPS) is 25.8. The van der Waals surface area contributed by atoms with Crippen LogP contribution < -0.4 is 0 Å². The SMILES string of the molecule is CC(C)(C)OC(=O)N1CCN(CC2CCC(CN3CCN(C(=O)OC(C)(C)C)CC3)CC2)CC1. The Kier molecular flexibility index (Phi) is 9.12. The third-order valence-electron chi connectivity index (χ3n) is 7.05. The minimum Gasteiger partial charge on any atom is -0.444 e. The summed E-state index contributed by atoms with van der Waals surface area (Å²) in [5.74, 6) is 1.54. The molecular formula is C26H48N4O4. The maximum absolute atomic E-state index is 12.3. The van der Waals surface area contributed by atoms with Crippen molar-refractivity contribution in [2.45, 2.75) is 78.4 Å². The highest BCUT2D eigenvalue weighted by atomic mass is 16.6. The van der Waals surface area contributed by atoms with Gasteiger partial charge in [0, 0.05) is 65.4 Å². The van der Waals surface area contributed by atoms with E-state index in [1.165, 1.54) is 25.7 Å². The van der Waals surface area contributed by atoms with Gasteiger partial charge in [-0.05, 0) is 79.1 Å². The van der Waals surface area contributed by atoms with Crippen LogP contribution in [-0.4, -0.2) is 108 Å². The van der Waals surface area contributed by atoms with Crippen LogP contribution in [0.5, 0.6) is 0 Å². The summed E-state index contributed by atoms with van der Waals surface area (Å²) in [7, 11) is 0. The number of ether oxygens (including phenoxy) is 2. The van der Waals surface area contributed by atoms with Crippen molar-refractivity contribution in [1.29, 1.82) is 0 Å². The highest BCUT2D eigenvalue weighted by molar-refractivity contribution is 5.68. The third kappa shape index (κ3) is 8.91. The van der Waals surface area contributed by atoms with E-state index in [1.807, 2.05) is 51.3 Å². The van der Waals surface area contributed by atoms with Crippen LogP contribution in [0.4, 0.5) is 9.59 Å². The zero-order chi connectivity index (χ0) is 24.9. The van der Waals surface area contributed by atoms with Crippen molar-refractivity contribution in [2.75, 3.05) is 65.4 Å². The first-order valence-corrected chi connectivity index (χ1v) is 13.3. The third-order valence-corrected chi connectivity index (χ3v) is 7.05. The standard InChI is InChI=1S/C26H48N4O4/c1-25(2,3)33-23(31)29-15-11-27(12-16-29)19-21-7-9-22(10-8-21)20-28-13-17-30(18-14-28)24(32)34-26(4,5)6/h21-22H,7-20H2,1-6H3. The van der Waals surface area contributed by atoms with E-state index in [1.54, 1.807) is 0 Å². The van der Waals surface area contributed by atoms with Gasteiger partial charge < -0.3 is 19.3 Å². The second-order valence-electron chi connectivity index (χ2n) is 12.4. The van der Waals surface area contributed by atoms with Crippen LogP contribution in [0.15, 0.2) is 0 Å². The summed E-state index contributed by atoms with van der Waals surface area (Å²) >= 11 is 0. The largest absolute Gasteiger partial charge is 0.444 e. The van der Waals surface area contributed by atoms with E-state index in [9.17, 15) is 9.59 Å². The zero-order valence-corrected chi connectivity index (χ0v) is 22.5. The van der Waals surface area contributed by atoms with Gasteiger partial charge in [0.1, 0.15) is 11.2 Å². The second-order valence-corrected chi connectivity index (χ2v) is 12.4. The Labute approximate surface area is 206 Å². The molecule has 1 aliphatic carbocycles. The van der Waals surface area contributed by atoms with Crippen molar-refractivity contribution in [3.63, 3.8) is 0 Å². The molecular weight excluding hydrogens is 432 g/mol. The fourth-order valence-corrected chi connectivity index (χ4v) is 5.21. The van der Waals surface area contributed by atoms with E-state index in [0.717, 1.165) is 77.3 Å². The lowest BCUT2D eigenvalue weighted by Crippen LogP contribution is -2.51. The smallest absolute Gasteiger partial charge is 0.410 e. The van der Waals surface area contributed by atoms with Gasteiger partial charge in [0.05, 0.1) is 0 Å². The molecule has 2 saturated heterocycles. The molecule has 196 valence electrons. The topological polar surface area (TPSA) is 65.6 Å². The first kappa shape index (κ1) is 27.1. The molecule has 2 heterocycles. The van der Waals surface area contributed by atoms with E-state index >= 15 is 0 Å². The molecule has 0 aromatic carbocycles. The summed E-state index contributed by atoms with van der Waals surface area (Å²) in [6, 6.07) is 0. The van der Waals surface area contributed by atoms with Gasteiger partial charge in [0.25, 0.3) is 0 Å². The zero-order valence-electron chi connectivity index (χ0n) is 22.5. The number of carbonyl (C=O) groups excluding carboxylic acids is 2. The Morgan fingerprint density at radius 2 is 0.882 bits per heavy atom. The number of piperazine rings is 2. The maximum Gasteiger partial charge on any atom is 0.410 e. The first-order valence-electron chi connectivity index (χ1n) is 13.3. The van der Waals surface area contributed by atoms with Gasteiger partial charge in [0.2, 0.25) is 0 Å². The number of hydrogen-bond acceptors (Lipinski definition) is 6. The summed E-state index contributed by atoms with van der Waals surface area (Å²) in [6.07, 6.45) is 4.84. The van der Waals surface area contributed by atoms with Gasteiger partial charge >= 0.3 is 12.2 Å². The molecule has 0 atom stereocenters. The maximum atomic E-state index is 12.3. The Morgan fingerprint density at radius 3 is 1.15 bits per heavy atom. The van der Waals surface area contributed by atoms with Crippen molar-refractivity contribution in [3.05, 3.63) is 0 Å². The lowest BCUT2D eigenvalue weighted by atomic mass is 9.81. The molecule has 0 radical (unpaired) electrons. The highest BCUT2D eigenvalue weighted by Crippen LogP contribution is 2.30. The lowest BCUT2D eigenvalue weighted by Gasteiger charge is -2.40. The molecule has 0 aromatic rings. The van der Waals surface area contributed by atoms with Crippen LogP contribution in [0.2, 0.25) is 0 Å². The minimum atomic E-state index is -0.432. The van der Waals surface area contributed by atoms with Gasteiger partial charge in [-0.15, -0.1) is 0 Å². The number of carbonyl (C=O) groups is 2. The molecule has 8 heteroatoms. The van der Waals surface area contributed by atoms with E-state index < -0.39 is 11.2 Å². The Balaban J connectivity index is 1.29. The molecule has 2 amide bonds. The predicted octanol–water partition coefficient (Wildman–Crippen LogP) is 3.90. The second kappa shape index (κ2) is 11.5. The quantitative estimate of drug-likeness (QED) is 0.608. The van der Waals surface area contributed by atoms with E-state index in [4.69, 9.17) is 9.47 Å². The average molecular weight is 481 g/mol. The fraction of sp³-hybridized carbons (Fsp3) is 0.923. The van der Waals surface area contributed by atoms with E-state index in [2.05, 4.69) is 9.80 Å². The lowest BCUT2D eigenvalue weighted by molar-refractivity contribution is 0.00986. The monoisotopic (exact) mass is 480 g/mol. The van der Waals surface area contributed by atoms with Crippen molar-refractivity contribution in [3.8, 4) is 0 Å². The van der Waals surface area contributed by atoms with E-state index in [-0.39, 0.29) is 12.2 Å². The van der Waals surface area contributed by atoms with Crippen LogP contribution in [0.1, 0.15) is 67.2 Å². The summed E-state index contributed by atoms with van der Waals surface area (Å²) < 4.78 is 11.0. The molecule has 34 heavy (non-hydrogen) atoms. The Morgan fingerprint density at radius 1 is 0.588 bits per heavy atom. The fourth-order valence-electron chi connectivity index (χ4n) is 5.21. The van der Waals surface area contributed by atoms with Crippen LogP contribution in [0.3, 0.4) is 0 Å². The average Bonchev–Trinajstić information content (AvgIpc) is 2.74. The predicted molar refractivity (Wildman–Crippen MR) is 134 cm³/mol. The molecule has 3 fully saturated rings. The summed E-state index contributed by atoms with van der Waals surface area (Å²) in [5, 5.41) is 0. The van der Waals surface area contributed by atoms with Gasteiger partial charge in [-0.25, -0.2) is 9.59 Å². The van der Waals surface area contributed by atoms with Crippen LogP contribution in [0.25, 0.3) is 0 Å². The summed E-state index contributed by atoms with van der Waals surface area (Å²) in [6.45, 7) is 20.7. The van der Waals surface area contributed by atoms with Crippen molar-refractivity contribution in [1.82, 2.24) is 19.6 Å².